The van der Waals surface area contributed by atoms with Gasteiger partial charge >= 0.3 is 5.17 Å². The Kier molecular flexibility index (Phi) is 5.17. The molecule has 0 saturated carbocycles. The van der Waals surface area contributed by atoms with E-state index in [1.807, 2.05) is 6.07 Å². The van der Waals surface area contributed by atoms with Crippen LogP contribution in [-0.4, -0.2) is 5.17 Å². The first-order chi connectivity index (χ1) is 16.3. The van der Waals surface area contributed by atoms with E-state index in [9.17, 15) is 0 Å². The summed E-state index contributed by atoms with van der Waals surface area (Å²) in [5.74, 6) is 0.884. The van der Waals surface area contributed by atoms with Gasteiger partial charge in [-0.1, -0.05) is 91.0 Å². The Morgan fingerprint density at radius 2 is 1.24 bits per heavy atom. The first-order valence-corrected chi connectivity index (χ1v) is 12.1. The lowest BCUT2D eigenvalue weighted by Gasteiger charge is -2.11. The molecule has 0 aliphatic heterocycles. The summed E-state index contributed by atoms with van der Waals surface area (Å²) in [4.78, 5) is 3.72. The molecule has 0 aliphatic rings. The van der Waals surface area contributed by atoms with E-state index in [0.29, 0.717) is 0 Å². The maximum absolute atomic E-state index is 3.72. The fourth-order valence-electron chi connectivity index (χ4n) is 4.45. The molecule has 0 aromatic heterocycles. The first kappa shape index (κ1) is 19.8. The lowest BCUT2D eigenvalue weighted by molar-refractivity contribution is -0.347. The SMILES string of the molecule is c1ccc(CSC(Nc2ccccc2)=[NH+]c2ccc3ccc4cccc5ccc2c3c45)cc1. The lowest BCUT2D eigenvalue weighted by atomic mass is 9.94. The van der Waals surface area contributed by atoms with Crippen LogP contribution < -0.4 is 10.3 Å². The number of thioether (sulfide) groups is 1. The molecule has 3 heteroatoms. The van der Waals surface area contributed by atoms with Crippen molar-refractivity contribution in [3.05, 3.63) is 121 Å². The van der Waals surface area contributed by atoms with Crippen LogP contribution in [0.1, 0.15) is 5.56 Å². The molecule has 0 saturated heterocycles. The summed E-state index contributed by atoms with van der Waals surface area (Å²) in [5, 5.41) is 12.4. The average molecular weight is 444 g/mol. The van der Waals surface area contributed by atoms with Gasteiger partial charge in [-0.3, -0.25) is 0 Å². The second-order valence-corrected chi connectivity index (χ2v) is 9.17. The highest BCUT2D eigenvalue weighted by Gasteiger charge is 2.15. The van der Waals surface area contributed by atoms with Crippen molar-refractivity contribution in [2.75, 3.05) is 5.32 Å². The van der Waals surface area contributed by atoms with E-state index in [1.165, 1.54) is 37.9 Å². The van der Waals surface area contributed by atoms with Gasteiger partial charge in [0, 0.05) is 16.5 Å². The fourth-order valence-corrected chi connectivity index (χ4v) is 5.33. The molecule has 0 atom stereocenters. The zero-order valence-corrected chi connectivity index (χ0v) is 18.9. The van der Waals surface area contributed by atoms with Gasteiger partial charge in [-0.05, 0) is 63.1 Å². The Bertz CT molecular complexity index is 1560. The van der Waals surface area contributed by atoms with E-state index < -0.39 is 0 Å². The third kappa shape index (κ3) is 3.92. The van der Waals surface area contributed by atoms with Gasteiger partial charge in [0.1, 0.15) is 11.4 Å². The van der Waals surface area contributed by atoms with Crippen LogP contribution in [0.25, 0.3) is 32.3 Å². The minimum Gasteiger partial charge on any atom is -0.235 e. The molecule has 6 rings (SSSR count). The predicted octanol–water partition coefficient (Wildman–Crippen LogP) is 6.70. The van der Waals surface area contributed by atoms with Gasteiger partial charge in [-0.15, -0.1) is 0 Å². The minimum atomic E-state index is 0.884. The Morgan fingerprint density at radius 1 is 0.606 bits per heavy atom. The van der Waals surface area contributed by atoms with E-state index >= 15 is 0 Å². The molecular weight excluding hydrogens is 420 g/mol. The van der Waals surface area contributed by atoms with Crippen molar-refractivity contribution in [1.82, 2.24) is 0 Å². The van der Waals surface area contributed by atoms with Crippen LogP contribution >= 0.6 is 11.8 Å². The molecule has 0 heterocycles. The normalized spacial score (nSPS) is 12.1. The smallest absolute Gasteiger partial charge is 0.235 e. The standard InChI is InChI=1S/C30H22N2S/c1-3-8-21(9-4-1)20-33-30(31-25-12-5-2-6-13-25)32-27-19-17-24-15-14-22-10-7-11-23-16-18-26(27)29(24)28(22)23/h1-19H,20H2,(H,31,32)/p+1. The summed E-state index contributed by atoms with van der Waals surface area (Å²) in [6.07, 6.45) is 0. The summed E-state index contributed by atoms with van der Waals surface area (Å²) in [7, 11) is 0. The van der Waals surface area contributed by atoms with Crippen LogP contribution in [0.5, 0.6) is 0 Å². The van der Waals surface area contributed by atoms with Gasteiger partial charge in [0.05, 0.1) is 0 Å². The van der Waals surface area contributed by atoms with Crippen LogP contribution in [-0.2, 0) is 5.75 Å². The Morgan fingerprint density at radius 3 is 2.00 bits per heavy atom. The van der Waals surface area contributed by atoms with E-state index in [4.69, 9.17) is 0 Å². The van der Waals surface area contributed by atoms with E-state index in [1.54, 1.807) is 11.8 Å². The third-order valence-electron chi connectivity index (χ3n) is 6.03. The van der Waals surface area contributed by atoms with Gasteiger partial charge in [0.25, 0.3) is 0 Å². The molecule has 0 fully saturated rings. The fraction of sp³-hybridized carbons (Fsp3) is 0.0333. The number of benzene rings is 6. The third-order valence-corrected chi connectivity index (χ3v) is 7.00. The Balaban J connectivity index is 1.46. The molecule has 2 nitrogen and oxygen atoms in total. The maximum atomic E-state index is 3.72. The van der Waals surface area contributed by atoms with E-state index in [-0.39, 0.29) is 0 Å². The molecule has 0 spiro atoms. The molecule has 0 bridgehead atoms. The molecule has 2 N–H and O–H groups in total. The monoisotopic (exact) mass is 443 g/mol. The van der Waals surface area contributed by atoms with Crippen LogP contribution in [0.4, 0.5) is 11.4 Å². The number of hydrogen-bond donors (Lipinski definition) is 2. The lowest BCUT2D eigenvalue weighted by Crippen LogP contribution is -2.67. The summed E-state index contributed by atoms with van der Waals surface area (Å²) in [5.41, 5.74) is 3.48. The largest absolute Gasteiger partial charge is 0.314 e. The van der Waals surface area contributed by atoms with Gasteiger partial charge in [-0.25, -0.2) is 10.3 Å². The second kappa shape index (κ2) is 8.61. The van der Waals surface area contributed by atoms with Crippen molar-refractivity contribution in [3.8, 4) is 0 Å². The molecule has 0 amide bonds. The van der Waals surface area contributed by atoms with Gasteiger partial charge < -0.3 is 0 Å². The summed E-state index contributed by atoms with van der Waals surface area (Å²) in [6.45, 7) is 0. The molecule has 33 heavy (non-hydrogen) atoms. The number of rotatable bonds is 4. The average Bonchev–Trinajstić information content (AvgIpc) is 2.88. The molecule has 6 aromatic rings. The van der Waals surface area contributed by atoms with Crippen LogP contribution in [0.3, 0.4) is 0 Å². The number of para-hydroxylation sites is 1. The Labute approximate surface area is 197 Å². The van der Waals surface area contributed by atoms with Gasteiger partial charge in [0.15, 0.2) is 0 Å². The highest BCUT2D eigenvalue weighted by Crippen LogP contribution is 2.36. The van der Waals surface area contributed by atoms with E-state index in [2.05, 4.69) is 120 Å². The number of amidine groups is 1. The highest BCUT2D eigenvalue weighted by molar-refractivity contribution is 8.13. The highest BCUT2D eigenvalue weighted by atomic mass is 32.2. The molecule has 0 unspecified atom stereocenters. The quantitative estimate of drug-likeness (QED) is 0.180. The van der Waals surface area contributed by atoms with Crippen molar-refractivity contribution in [3.63, 3.8) is 0 Å². The molecule has 158 valence electrons. The number of anilines is 1. The first-order valence-electron chi connectivity index (χ1n) is 11.1. The molecule has 6 aromatic carbocycles. The minimum absolute atomic E-state index is 0.884. The topological polar surface area (TPSA) is 26.0 Å². The maximum Gasteiger partial charge on any atom is 0.314 e. The summed E-state index contributed by atoms with van der Waals surface area (Å²) >= 11 is 1.78. The second-order valence-electron chi connectivity index (χ2n) is 8.19. The van der Waals surface area contributed by atoms with Gasteiger partial charge in [0.2, 0.25) is 0 Å². The number of nitrogens with one attached hydrogen (secondary N) is 2. The van der Waals surface area contributed by atoms with Crippen molar-refractivity contribution < 1.29 is 4.99 Å². The van der Waals surface area contributed by atoms with Gasteiger partial charge in [-0.2, -0.15) is 0 Å². The van der Waals surface area contributed by atoms with Crippen LogP contribution in [0, 0.1) is 0 Å². The molecular formula is C30H23N2S+. The zero-order valence-electron chi connectivity index (χ0n) is 18.1. The van der Waals surface area contributed by atoms with Crippen molar-refractivity contribution in [2.24, 2.45) is 0 Å². The summed E-state index contributed by atoms with van der Waals surface area (Å²) in [6, 6.07) is 40.8. The van der Waals surface area contributed by atoms with E-state index in [0.717, 1.165) is 22.3 Å². The molecule has 0 radical (unpaired) electrons. The van der Waals surface area contributed by atoms with Crippen LogP contribution in [0.2, 0.25) is 0 Å². The van der Waals surface area contributed by atoms with Crippen LogP contribution in [0.15, 0.2) is 115 Å². The van der Waals surface area contributed by atoms with Crippen molar-refractivity contribution in [1.29, 1.82) is 0 Å². The summed E-state index contributed by atoms with van der Waals surface area (Å²) < 4.78 is 0. The predicted molar refractivity (Wildman–Crippen MR) is 144 cm³/mol. The Hall–Kier alpha value is -3.82. The van der Waals surface area contributed by atoms with Crippen molar-refractivity contribution in [2.45, 2.75) is 5.75 Å². The van der Waals surface area contributed by atoms with Crippen molar-refractivity contribution >= 4 is 60.6 Å². The molecule has 0 aliphatic carbocycles. The zero-order chi connectivity index (χ0) is 22.0. The number of hydrogen-bond acceptors (Lipinski definition) is 1.